The van der Waals surface area contributed by atoms with Gasteiger partial charge in [-0.2, -0.15) is 0 Å². The van der Waals surface area contributed by atoms with E-state index in [-0.39, 0.29) is 12.0 Å². The van der Waals surface area contributed by atoms with E-state index >= 15 is 0 Å². The Morgan fingerprint density at radius 1 is 1.27 bits per heavy atom. The third kappa shape index (κ3) is 5.86. The molecule has 2 atom stereocenters. The first kappa shape index (κ1) is 17.7. The summed E-state index contributed by atoms with van der Waals surface area (Å²) in [5, 5.41) is 12.7. The summed E-state index contributed by atoms with van der Waals surface area (Å²) < 4.78 is 0. The van der Waals surface area contributed by atoms with E-state index < -0.39 is 0 Å². The summed E-state index contributed by atoms with van der Waals surface area (Å²) in [7, 11) is 0. The van der Waals surface area contributed by atoms with E-state index in [4.69, 9.17) is 0 Å². The quantitative estimate of drug-likeness (QED) is 0.774. The molecule has 1 heterocycles. The Labute approximate surface area is 135 Å². The lowest BCUT2D eigenvalue weighted by molar-refractivity contribution is -0.122. The molecular weight excluding hydrogens is 278 g/mol. The summed E-state index contributed by atoms with van der Waals surface area (Å²) in [6, 6.07) is 0.868. The van der Waals surface area contributed by atoms with Gasteiger partial charge in [-0.25, -0.2) is 0 Å². The van der Waals surface area contributed by atoms with E-state index in [0.717, 1.165) is 45.6 Å². The van der Waals surface area contributed by atoms with Gasteiger partial charge in [0.15, 0.2) is 0 Å². The zero-order valence-corrected chi connectivity index (χ0v) is 14.3. The van der Waals surface area contributed by atoms with Crippen molar-refractivity contribution in [3.63, 3.8) is 0 Å². The van der Waals surface area contributed by atoms with Gasteiger partial charge in [0.25, 0.3) is 0 Å². The molecule has 128 valence electrons. The SMILES string of the molecule is C[C@H](O)CN1CCN(CCC(=O)NC2CCCCC2)C[C@H]1C. The molecule has 0 unspecified atom stereocenters. The highest BCUT2D eigenvalue weighted by molar-refractivity contribution is 5.76. The number of β-amino-alcohol motifs (C(OH)–C–C–N with tert-alkyl or cyclic N) is 1. The lowest BCUT2D eigenvalue weighted by atomic mass is 9.95. The number of hydrogen-bond donors (Lipinski definition) is 2. The Morgan fingerprint density at radius 2 is 2.00 bits per heavy atom. The van der Waals surface area contributed by atoms with Gasteiger partial charge < -0.3 is 15.3 Å². The monoisotopic (exact) mass is 311 g/mol. The average molecular weight is 311 g/mol. The predicted molar refractivity (Wildman–Crippen MR) is 88.8 cm³/mol. The van der Waals surface area contributed by atoms with Crippen LogP contribution >= 0.6 is 0 Å². The maximum atomic E-state index is 12.1. The van der Waals surface area contributed by atoms with Crippen LogP contribution in [0.4, 0.5) is 0 Å². The van der Waals surface area contributed by atoms with Crippen molar-refractivity contribution in [2.45, 2.75) is 70.6 Å². The highest BCUT2D eigenvalue weighted by Gasteiger charge is 2.24. The van der Waals surface area contributed by atoms with Gasteiger partial charge in [-0.1, -0.05) is 19.3 Å². The molecule has 0 aromatic heterocycles. The number of amides is 1. The summed E-state index contributed by atoms with van der Waals surface area (Å²) >= 11 is 0. The normalized spacial score (nSPS) is 26.8. The van der Waals surface area contributed by atoms with Gasteiger partial charge in [0.1, 0.15) is 0 Å². The molecule has 5 nitrogen and oxygen atoms in total. The molecule has 22 heavy (non-hydrogen) atoms. The summed E-state index contributed by atoms with van der Waals surface area (Å²) in [5.74, 6) is 0.214. The van der Waals surface area contributed by atoms with Crippen LogP contribution in [-0.2, 0) is 4.79 Å². The van der Waals surface area contributed by atoms with Crippen molar-refractivity contribution < 1.29 is 9.90 Å². The first-order chi connectivity index (χ1) is 10.5. The van der Waals surface area contributed by atoms with Crippen molar-refractivity contribution in [2.24, 2.45) is 0 Å². The van der Waals surface area contributed by atoms with Gasteiger partial charge >= 0.3 is 0 Å². The van der Waals surface area contributed by atoms with Crippen LogP contribution in [0.25, 0.3) is 0 Å². The van der Waals surface area contributed by atoms with E-state index in [1.54, 1.807) is 0 Å². The summed E-state index contributed by atoms with van der Waals surface area (Å²) in [6.45, 7) is 8.61. The second-order valence-electron chi connectivity index (χ2n) is 7.15. The predicted octanol–water partition coefficient (Wildman–Crippen LogP) is 1.21. The molecule has 0 spiro atoms. The Balaban J connectivity index is 1.64. The smallest absolute Gasteiger partial charge is 0.221 e. The summed E-state index contributed by atoms with van der Waals surface area (Å²) in [5.41, 5.74) is 0. The van der Waals surface area contributed by atoms with E-state index in [1.807, 2.05) is 6.92 Å². The standard InChI is InChI=1S/C17H33N3O2/c1-14-12-19(10-11-20(14)13-15(2)21)9-8-17(22)18-16-6-4-3-5-7-16/h14-16,21H,3-13H2,1-2H3,(H,18,22)/t14-,15+/m1/s1. The zero-order chi connectivity index (χ0) is 15.9. The van der Waals surface area contributed by atoms with Gasteiger partial charge in [-0.05, 0) is 26.7 Å². The molecule has 1 saturated carbocycles. The van der Waals surface area contributed by atoms with Crippen LogP contribution in [0.2, 0.25) is 0 Å². The molecule has 0 aromatic rings. The van der Waals surface area contributed by atoms with Crippen molar-refractivity contribution in [1.82, 2.24) is 15.1 Å². The minimum Gasteiger partial charge on any atom is -0.392 e. The highest BCUT2D eigenvalue weighted by atomic mass is 16.3. The molecule has 2 N–H and O–H groups in total. The zero-order valence-electron chi connectivity index (χ0n) is 14.3. The largest absolute Gasteiger partial charge is 0.392 e. The van der Waals surface area contributed by atoms with Crippen molar-refractivity contribution >= 4 is 5.91 Å². The second kappa shape index (κ2) is 8.85. The van der Waals surface area contributed by atoms with Gasteiger partial charge in [0, 0.05) is 51.2 Å². The van der Waals surface area contributed by atoms with Crippen LogP contribution in [0.1, 0.15) is 52.4 Å². The minimum absolute atomic E-state index is 0.214. The molecule has 0 aromatic carbocycles. The number of piperazine rings is 1. The van der Waals surface area contributed by atoms with Crippen molar-refractivity contribution in [3.8, 4) is 0 Å². The summed E-state index contributed by atoms with van der Waals surface area (Å²) in [6.07, 6.45) is 6.49. The average Bonchev–Trinajstić information content (AvgIpc) is 2.48. The highest BCUT2D eigenvalue weighted by Crippen LogP contribution is 2.17. The lowest BCUT2D eigenvalue weighted by Crippen LogP contribution is -2.53. The van der Waals surface area contributed by atoms with Gasteiger partial charge in [-0.3, -0.25) is 9.69 Å². The molecule has 2 rings (SSSR count). The molecule has 0 bridgehead atoms. The van der Waals surface area contributed by atoms with Crippen LogP contribution in [0.3, 0.4) is 0 Å². The molecule has 2 aliphatic rings. The fourth-order valence-electron chi connectivity index (χ4n) is 3.69. The molecule has 0 radical (unpaired) electrons. The fourth-order valence-corrected chi connectivity index (χ4v) is 3.69. The minimum atomic E-state index is -0.268. The third-order valence-electron chi connectivity index (χ3n) is 4.97. The number of rotatable bonds is 6. The van der Waals surface area contributed by atoms with Gasteiger partial charge in [0.2, 0.25) is 5.91 Å². The molecule has 5 heteroatoms. The number of carbonyl (C=O) groups is 1. The summed E-state index contributed by atoms with van der Waals surface area (Å²) in [4.78, 5) is 16.8. The molecule has 1 saturated heterocycles. The first-order valence-corrected chi connectivity index (χ1v) is 8.98. The lowest BCUT2D eigenvalue weighted by Gasteiger charge is -2.40. The second-order valence-corrected chi connectivity index (χ2v) is 7.15. The number of carbonyl (C=O) groups excluding carboxylic acids is 1. The molecule has 2 fully saturated rings. The van der Waals surface area contributed by atoms with Crippen LogP contribution in [0, 0.1) is 0 Å². The molecular formula is C17H33N3O2. The topological polar surface area (TPSA) is 55.8 Å². The molecule has 1 aliphatic heterocycles. The van der Waals surface area contributed by atoms with Gasteiger partial charge in [-0.15, -0.1) is 0 Å². The Morgan fingerprint density at radius 3 is 2.64 bits per heavy atom. The number of nitrogens with one attached hydrogen (secondary N) is 1. The van der Waals surface area contributed by atoms with Crippen LogP contribution < -0.4 is 5.32 Å². The van der Waals surface area contributed by atoms with Crippen LogP contribution in [0.15, 0.2) is 0 Å². The van der Waals surface area contributed by atoms with Crippen molar-refractivity contribution in [1.29, 1.82) is 0 Å². The van der Waals surface area contributed by atoms with Gasteiger partial charge in [0.05, 0.1) is 6.10 Å². The van der Waals surface area contributed by atoms with E-state index in [9.17, 15) is 9.90 Å². The Hall–Kier alpha value is -0.650. The first-order valence-electron chi connectivity index (χ1n) is 8.98. The molecule has 1 aliphatic carbocycles. The van der Waals surface area contributed by atoms with Crippen molar-refractivity contribution in [3.05, 3.63) is 0 Å². The van der Waals surface area contributed by atoms with Crippen LogP contribution in [-0.4, -0.2) is 71.7 Å². The maximum Gasteiger partial charge on any atom is 0.221 e. The fraction of sp³-hybridized carbons (Fsp3) is 0.941. The Bertz CT molecular complexity index is 343. The third-order valence-corrected chi connectivity index (χ3v) is 4.97. The van der Waals surface area contributed by atoms with E-state index in [1.165, 1.54) is 19.3 Å². The van der Waals surface area contributed by atoms with Crippen LogP contribution in [0.5, 0.6) is 0 Å². The molecule has 1 amide bonds. The van der Waals surface area contributed by atoms with Crippen molar-refractivity contribution in [2.75, 3.05) is 32.7 Å². The number of nitrogens with zero attached hydrogens (tertiary/aromatic N) is 2. The van der Waals surface area contributed by atoms with E-state index in [2.05, 4.69) is 22.0 Å². The Kier molecular flexibility index (Phi) is 7.12. The number of aliphatic hydroxyl groups is 1. The maximum absolute atomic E-state index is 12.1. The number of hydrogen-bond acceptors (Lipinski definition) is 4. The van der Waals surface area contributed by atoms with E-state index in [0.29, 0.717) is 18.5 Å². The number of aliphatic hydroxyl groups excluding tert-OH is 1.